The van der Waals surface area contributed by atoms with E-state index in [0.29, 0.717) is 5.75 Å². The summed E-state index contributed by atoms with van der Waals surface area (Å²) in [5.74, 6) is 0.424. The van der Waals surface area contributed by atoms with Gasteiger partial charge < -0.3 is 5.11 Å². The van der Waals surface area contributed by atoms with Gasteiger partial charge in [-0.1, -0.05) is 88.8 Å². The Morgan fingerprint density at radius 2 is 1.36 bits per heavy atom. The van der Waals surface area contributed by atoms with E-state index in [4.69, 9.17) is 0 Å². The van der Waals surface area contributed by atoms with Crippen molar-refractivity contribution in [3.05, 3.63) is 53.6 Å². The Hall–Kier alpha value is -1.76. The maximum absolute atomic E-state index is 10.6. The van der Waals surface area contributed by atoms with Gasteiger partial charge in [-0.2, -0.15) is 0 Å². The summed E-state index contributed by atoms with van der Waals surface area (Å²) < 4.78 is 0. The van der Waals surface area contributed by atoms with Crippen LogP contribution < -0.4 is 0 Å². The molecule has 2 aromatic carbocycles. The SMILES string of the molecule is CCCCCCCCc1c(CCCC)ccc(O)c1-c1ccccc1. The number of hydrogen-bond donors (Lipinski definition) is 1. The van der Waals surface area contributed by atoms with E-state index in [-0.39, 0.29) is 0 Å². The summed E-state index contributed by atoms with van der Waals surface area (Å²) in [5.41, 5.74) is 4.99. The van der Waals surface area contributed by atoms with Gasteiger partial charge >= 0.3 is 0 Å². The normalized spacial score (nSPS) is 11.0. The number of unbranched alkanes of at least 4 members (excludes halogenated alkanes) is 6. The van der Waals surface area contributed by atoms with Crippen LogP contribution in [-0.4, -0.2) is 5.11 Å². The molecule has 0 unspecified atom stereocenters. The molecule has 25 heavy (non-hydrogen) atoms. The van der Waals surface area contributed by atoms with Crippen LogP contribution in [0.2, 0.25) is 0 Å². The molecular weight excluding hydrogens is 304 g/mol. The monoisotopic (exact) mass is 338 g/mol. The molecule has 1 heteroatoms. The average Bonchev–Trinajstić information content (AvgIpc) is 2.64. The van der Waals surface area contributed by atoms with Gasteiger partial charge in [-0.15, -0.1) is 0 Å². The summed E-state index contributed by atoms with van der Waals surface area (Å²) in [6.07, 6.45) is 12.4. The van der Waals surface area contributed by atoms with Gasteiger partial charge in [0.25, 0.3) is 0 Å². The molecule has 0 aromatic heterocycles. The third-order valence-corrected chi connectivity index (χ3v) is 5.03. The molecule has 2 rings (SSSR count). The van der Waals surface area contributed by atoms with Crippen molar-refractivity contribution in [3.63, 3.8) is 0 Å². The standard InChI is InChI=1S/C24H34O/c1-3-5-7-8-9-13-17-22-20(14-6-4-2)18-19-23(25)24(22)21-15-11-10-12-16-21/h10-12,15-16,18-19,25H,3-9,13-14,17H2,1-2H3. The second-order valence-electron chi connectivity index (χ2n) is 7.08. The first-order valence-corrected chi connectivity index (χ1v) is 10.2. The Labute approximate surface area is 154 Å². The van der Waals surface area contributed by atoms with Crippen LogP contribution in [0.5, 0.6) is 5.75 Å². The molecule has 2 aromatic rings. The van der Waals surface area contributed by atoms with Gasteiger partial charge in [0.15, 0.2) is 0 Å². The van der Waals surface area contributed by atoms with E-state index in [9.17, 15) is 5.11 Å². The molecule has 0 atom stereocenters. The minimum Gasteiger partial charge on any atom is -0.507 e. The molecule has 0 radical (unpaired) electrons. The molecule has 136 valence electrons. The summed E-state index contributed by atoms with van der Waals surface area (Å²) in [4.78, 5) is 0. The molecule has 0 fully saturated rings. The maximum Gasteiger partial charge on any atom is 0.123 e. The highest BCUT2D eigenvalue weighted by Crippen LogP contribution is 2.36. The third-order valence-electron chi connectivity index (χ3n) is 5.03. The highest BCUT2D eigenvalue weighted by molar-refractivity contribution is 5.75. The van der Waals surface area contributed by atoms with Crippen LogP contribution in [0.25, 0.3) is 11.1 Å². The number of rotatable bonds is 11. The lowest BCUT2D eigenvalue weighted by molar-refractivity contribution is 0.476. The quantitative estimate of drug-likeness (QED) is 0.426. The Kier molecular flexibility index (Phi) is 8.59. The van der Waals surface area contributed by atoms with Gasteiger partial charge in [0, 0.05) is 5.56 Å². The van der Waals surface area contributed by atoms with Crippen LogP contribution in [-0.2, 0) is 12.8 Å². The van der Waals surface area contributed by atoms with Crippen LogP contribution in [0.15, 0.2) is 42.5 Å². The Morgan fingerprint density at radius 3 is 2.08 bits per heavy atom. The first-order valence-electron chi connectivity index (χ1n) is 10.2. The topological polar surface area (TPSA) is 20.2 Å². The number of aromatic hydroxyl groups is 1. The summed E-state index contributed by atoms with van der Waals surface area (Å²) in [6, 6.07) is 14.4. The van der Waals surface area contributed by atoms with Crippen molar-refractivity contribution in [2.24, 2.45) is 0 Å². The molecule has 1 nitrogen and oxygen atoms in total. The molecule has 0 aliphatic rings. The molecule has 1 N–H and O–H groups in total. The summed E-state index contributed by atoms with van der Waals surface area (Å²) >= 11 is 0. The minimum absolute atomic E-state index is 0.424. The van der Waals surface area contributed by atoms with Gasteiger partial charge in [0.2, 0.25) is 0 Å². The molecule has 0 saturated heterocycles. The number of phenols is 1. The Bertz CT molecular complexity index is 615. The smallest absolute Gasteiger partial charge is 0.123 e. The molecule has 0 saturated carbocycles. The minimum atomic E-state index is 0.424. The zero-order valence-corrected chi connectivity index (χ0v) is 16.1. The van der Waals surface area contributed by atoms with Crippen molar-refractivity contribution >= 4 is 0 Å². The molecule has 0 aliphatic heterocycles. The van der Waals surface area contributed by atoms with Crippen molar-refractivity contribution < 1.29 is 5.11 Å². The van der Waals surface area contributed by atoms with E-state index in [0.717, 1.165) is 24.0 Å². The molecular formula is C24H34O. The number of hydrogen-bond acceptors (Lipinski definition) is 1. The lowest BCUT2D eigenvalue weighted by atomic mass is 9.89. The van der Waals surface area contributed by atoms with Gasteiger partial charge in [-0.05, 0) is 48.4 Å². The third kappa shape index (κ3) is 5.92. The fourth-order valence-corrected chi connectivity index (χ4v) is 3.57. The lowest BCUT2D eigenvalue weighted by Gasteiger charge is -2.17. The molecule has 0 aliphatic carbocycles. The van der Waals surface area contributed by atoms with Crippen molar-refractivity contribution in [2.75, 3.05) is 0 Å². The highest BCUT2D eigenvalue weighted by Gasteiger charge is 2.14. The fraction of sp³-hybridized carbons (Fsp3) is 0.500. The Morgan fingerprint density at radius 1 is 0.680 bits per heavy atom. The van der Waals surface area contributed by atoms with Gasteiger partial charge in [0.1, 0.15) is 5.75 Å². The van der Waals surface area contributed by atoms with E-state index in [1.807, 2.05) is 12.1 Å². The molecule has 0 spiro atoms. The number of benzene rings is 2. The van der Waals surface area contributed by atoms with E-state index < -0.39 is 0 Å². The van der Waals surface area contributed by atoms with Crippen LogP contribution in [0.4, 0.5) is 0 Å². The number of aryl methyl sites for hydroxylation is 1. The van der Waals surface area contributed by atoms with Crippen molar-refractivity contribution in [2.45, 2.75) is 78.1 Å². The fourth-order valence-electron chi connectivity index (χ4n) is 3.57. The number of phenolic OH excluding ortho intramolecular Hbond substituents is 1. The van der Waals surface area contributed by atoms with Crippen molar-refractivity contribution in [1.29, 1.82) is 0 Å². The lowest BCUT2D eigenvalue weighted by Crippen LogP contribution is -1.99. The van der Waals surface area contributed by atoms with Crippen molar-refractivity contribution in [1.82, 2.24) is 0 Å². The largest absolute Gasteiger partial charge is 0.507 e. The first kappa shape index (κ1) is 19.6. The summed E-state index contributed by atoms with van der Waals surface area (Å²) in [5, 5.41) is 10.6. The second-order valence-corrected chi connectivity index (χ2v) is 7.08. The van der Waals surface area contributed by atoms with E-state index >= 15 is 0 Å². The van der Waals surface area contributed by atoms with E-state index in [2.05, 4.69) is 44.2 Å². The van der Waals surface area contributed by atoms with Crippen LogP contribution in [0.3, 0.4) is 0 Å². The zero-order valence-electron chi connectivity index (χ0n) is 16.1. The van der Waals surface area contributed by atoms with Gasteiger partial charge in [0.05, 0.1) is 0 Å². The Balaban J connectivity index is 2.21. The molecule has 0 bridgehead atoms. The summed E-state index contributed by atoms with van der Waals surface area (Å²) in [6.45, 7) is 4.50. The maximum atomic E-state index is 10.6. The van der Waals surface area contributed by atoms with E-state index in [1.165, 1.54) is 62.5 Å². The van der Waals surface area contributed by atoms with Gasteiger partial charge in [-0.25, -0.2) is 0 Å². The van der Waals surface area contributed by atoms with Crippen LogP contribution >= 0.6 is 0 Å². The second kappa shape index (κ2) is 11.0. The molecule has 0 heterocycles. The summed E-state index contributed by atoms with van der Waals surface area (Å²) in [7, 11) is 0. The molecule has 0 amide bonds. The zero-order chi connectivity index (χ0) is 17.9. The van der Waals surface area contributed by atoms with Crippen molar-refractivity contribution in [3.8, 4) is 16.9 Å². The predicted octanol–water partition coefficient (Wildman–Crippen LogP) is 7.30. The predicted molar refractivity (Wildman–Crippen MR) is 109 cm³/mol. The average molecular weight is 339 g/mol. The van der Waals surface area contributed by atoms with Gasteiger partial charge in [-0.3, -0.25) is 0 Å². The van der Waals surface area contributed by atoms with E-state index in [1.54, 1.807) is 0 Å². The van der Waals surface area contributed by atoms with Crippen LogP contribution in [0, 0.1) is 0 Å². The highest BCUT2D eigenvalue weighted by atomic mass is 16.3. The van der Waals surface area contributed by atoms with Crippen LogP contribution in [0.1, 0.15) is 76.3 Å². The first-order chi connectivity index (χ1) is 12.3.